The largest absolute Gasteiger partial charge is 0.454 e. The molecule has 6 rings (SSSR count). The van der Waals surface area contributed by atoms with Crippen molar-refractivity contribution in [2.24, 2.45) is 0 Å². The van der Waals surface area contributed by atoms with Gasteiger partial charge in [-0.05, 0) is 72.4 Å². The number of benzene rings is 3. The summed E-state index contributed by atoms with van der Waals surface area (Å²) in [5, 5.41) is 3.52. The normalized spacial score (nSPS) is 14.6. The number of aryl methyl sites for hydroxylation is 1. The van der Waals surface area contributed by atoms with Crippen LogP contribution in [0.1, 0.15) is 39.2 Å². The first-order chi connectivity index (χ1) is 18.1. The predicted molar refractivity (Wildman–Crippen MR) is 141 cm³/mol. The molecule has 37 heavy (non-hydrogen) atoms. The highest BCUT2D eigenvalue weighted by Crippen LogP contribution is 2.39. The Morgan fingerprint density at radius 1 is 1.00 bits per heavy atom. The van der Waals surface area contributed by atoms with E-state index in [1.54, 1.807) is 0 Å². The number of carbonyl (C=O) groups is 2. The number of amides is 1. The minimum atomic E-state index is -0.529. The molecule has 0 spiro atoms. The van der Waals surface area contributed by atoms with Gasteiger partial charge >= 0.3 is 5.97 Å². The smallest absolute Gasteiger partial charge is 0.339 e. The van der Waals surface area contributed by atoms with E-state index in [1.165, 1.54) is 0 Å². The Balaban J connectivity index is 1.29. The Bertz CT molecular complexity index is 1590. The zero-order chi connectivity index (χ0) is 25.4. The Hall–Kier alpha value is -4.65. The number of esters is 1. The minimum absolute atomic E-state index is 0.222. The SMILES string of the molecule is Cc1ccccc1NC(=O)COC(=O)c1c2c(nc3ccccc13)/C(=C/c1ccc3c(c1)OCO3)CC2. The van der Waals surface area contributed by atoms with E-state index in [9.17, 15) is 9.59 Å². The van der Waals surface area contributed by atoms with Crippen molar-refractivity contribution >= 4 is 40.1 Å². The first kappa shape index (κ1) is 22.8. The van der Waals surface area contributed by atoms with Crippen molar-refractivity contribution in [2.45, 2.75) is 19.8 Å². The molecule has 7 nitrogen and oxygen atoms in total. The molecule has 0 unspecified atom stereocenters. The number of para-hydroxylation sites is 2. The summed E-state index contributed by atoms with van der Waals surface area (Å²) in [6.07, 6.45) is 3.46. The molecule has 3 aromatic carbocycles. The third-order valence-electron chi connectivity index (χ3n) is 6.64. The highest BCUT2D eigenvalue weighted by Gasteiger charge is 2.28. The molecule has 1 N–H and O–H groups in total. The molecule has 0 atom stereocenters. The van der Waals surface area contributed by atoms with Gasteiger partial charge in [-0.1, -0.05) is 42.5 Å². The number of hydrogen-bond acceptors (Lipinski definition) is 6. The molecule has 1 aromatic heterocycles. The lowest BCUT2D eigenvalue weighted by molar-refractivity contribution is -0.119. The second-order valence-corrected chi connectivity index (χ2v) is 9.05. The molecular formula is C30H24N2O5. The summed E-state index contributed by atoms with van der Waals surface area (Å²) in [7, 11) is 0. The number of nitrogens with zero attached hydrogens (tertiary/aromatic N) is 1. The van der Waals surface area contributed by atoms with Gasteiger partial charge in [-0.15, -0.1) is 0 Å². The van der Waals surface area contributed by atoms with E-state index in [-0.39, 0.29) is 19.3 Å². The van der Waals surface area contributed by atoms with Crippen molar-refractivity contribution in [3.8, 4) is 11.5 Å². The van der Waals surface area contributed by atoms with Crippen LogP contribution in [0.25, 0.3) is 22.6 Å². The van der Waals surface area contributed by atoms with Crippen molar-refractivity contribution in [2.75, 3.05) is 18.7 Å². The molecule has 2 aliphatic rings. The van der Waals surface area contributed by atoms with Crippen LogP contribution in [0.3, 0.4) is 0 Å². The number of pyridine rings is 1. The lowest BCUT2D eigenvalue weighted by Gasteiger charge is -2.13. The Kier molecular flexibility index (Phi) is 5.81. The minimum Gasteiger partial charge on any atom is -0.454 e. The van der Waals surface area contributed by atoms with E-state index in [2.05, 4.69) is 11.4 Å². The summed E-state index contributed by atoms with van der Waals surface area (Å²) < 4.78 is 16.4. The molecule has 1 aliphatic heterocycles. The Labute approximate surface area is 213 Å². The van der Waals surface area contributed by atoms with Crippen LogP contribution in [0, 0.1) is 6.92 Å². The number of aromatic nitrogens is 1. The maximum absolute atomic E-state index is 13.4. The van der Waals surface area contributed by atoms with E-state index in [4.69, 9.17) is 19.2 Å². The number of carbonyl (C=O) groups excluding carboxylic acids is 2. The predicted octanol–water partition coefficient (Wildman–Crippen LogP) is 5.55. The van der Waals surface area contributed by atoms with Crippen LogP contribution in [0.5, 0.6) is 11.5 Å². The molecule has 0 bridgehead atoms. The summed E-state index contributed by atoms with van der Waals surface area (Å²) in [6.45, 7) is 1.75. The molecule has 0 saturated carbocycles. The Morgan fingerprint density at radius 3 is 2.70 bits per heavy atom. The van der Waals surface area contributed by atoms with Crippen LogP contribution in [-0.2, 0) is 16.0 Å². The van der Waals surface area contributed by atoms with Crippen molar-refractivity contribution < 1.29 is 23.8 Å². The average Bonchev–Trinajstić information content (AvgIpc) is 3.54. The first-order valence-electron chi connectivity index (χ1n) is 12.1. The molecular weight excluding hydrogens is 468 g/mol. The second-order valence-electron chi connectivity index (χ2n) is 9.05. The molecule has 0 radical (unpaired) electrons. The fraction of sp³-hybridized carbons (Fsp3) is 0.167. The van der Waals surface area contributed by atoms with Gasteiger partial charge in [0.1, 0.15) is 0 Å². The van der Waals surface area contributed by atoms with Crippen LogP contribution in [0.4, 0.5) is 5.69 Å². The van der Waals surface area contributed by atoms with Gasteiger partial charge < -0.3 is 19.5 Å². The number of ether oxygens (including phenoxy) is 3. The van der Waals surface area contributed by atoms with Crippen molar-refractivity contribution in [1.82, 2.24) is 4.98 Å². The third kappa shape index (κ3) is 4.40. The number of hydrogen-bond donors (Lipinski definition) is 1. The molecule has 184 valence electrons. The molecule has 0 saturated heterocycles. The molecule has 1 amide bonds. The summed E-state index contributed by atoms with van der Waals surface area (Å²) in [5.74, 6) is 0.530. The lowest BCUT2D eigenvalue weighted by Crippen LogP contribution is -2.22. The van der Waals surface area contributed by atoms with Crippen molar-refractivity contribution in [3.05, 3.63) is 94.7 Å². The highest BCUT2D eigenvalue weighted by atomic mass is 16.7. The number of nitrogens with one attached hydrogen (secondary N) is 1. The molecule has 7 heteroatoms. The second kappa shape index (κ2) is 9.43. The standard InChI is InChI=1S/C30H24N2O5/c1-18-6-2-4-8-23(18)31-27(33)16-35-30(34)28-21-7-3-5-9-24(21)32-29-20(11-12-22(28)29)14-19-10-13-25-26(15-19)37-17-36-25/h2-10,13-15H,11-12,16-17H2,1H3,(H,31,33)/b20-14+. The van der Waals surface area contributed by atoms with Crippen LogP contribution in [0.15, 0.2) is 66.7 Å². The van der Waals surface area contributed by atoms with Crippen molar-refractivity contribution in [3.63, 3.8) is 0 Å². The molecule has 1 aliphatic carbocycles. The van der Waals surface area contributed by atoms with E-state index in [0.29, 0.717) is 28.9 Å². The van der Waals surface area contributed by atoms with Gasteiger partial charge in [0.15, 0.2) is 18.1 Å². The lowest BCUT2D eigenvalue weighted by atomic mass is 10.0. The van der Waals surface area contributed by atoms with Crippen LogP contribution in [0.2, 0.25) is 0 Å². The number of allylic oxidation sites excluding steroid dienone is 1. The van der Waals surface area contributed by atoms with E-state index < -0.39 is 5.97 Å². The number of anilines is 1. The van der Waals surface area contributed by atoms with Gasteiger partial charge in [-0.3, -0.25) is 4.79 Å². The fourth-order valence-corrected chi connectivity index (χ4v) is 4.82. The van der Waals surface area contributed by atoms with Gasteiger partial charge in [-0.25, -0.2) is 9.78 Å². The summed E-state index contributed by atoms with van der Waals surface area (Å²) >= 11 is 0. The van der Waals surface area contributed by atoms with Crippen LogP contribution >= 0.6 is 0 Å². The molecule has 2 heterocycles. The highest BCUT2D eigenvalue weighted by molar-refractivity contribution is 6.08. The topological polar surface area (TPSA) is 86.8 Å². The maximum atomic E-state index is 13.4. The van der Waals surface area contributed by atoms with E-state index in [1.807, 2.05) is 73.7 Å². The van der Waals surface area contributed by atoms with Gasteiger partial charge in [0.25, 0.3) is 5.91 Å². The van der Waals surface area contributed by atoms with Gasteiger partial charge in [0, 0.05) is 11.1 Å². The van der Waals surface area contributed by atoms with E-state index >= 15 is 0 Å². The summed E-state index contributed by atoms with van der Waals surface area (Å²) in [6, 6.07) is 20.8. The maximum Gasteiger partial charge on any atom is 0.339 e. The first-order valence-corrected chi connectivity index (χ1v) is 12.1. The Morgan fingerprint density at radius 2 is 1.81 bits per heavy atom. The molecule has 0 fully saturated rings. The number of rotatable bonds is 5. The summed E-state index contributed by atoms with van der Waals surface area (Å²) in [5.41, 5.74) is 6.43. The zero-order valence-electron chi connectivity index (χ0n) is 20.2. The third-order valence-corrected chi connectivity index (χ3v) is 6.64. The summed E-state index contributed by atoms with van der Waals surface area (Å²) in [4.78, 5) is 30.8. The van der Waals surface area contributed by atoms with Crippen LogP contribution < -0.4 is 14.8 Å². The number of fused-ring (bicyclic) bond motifs is 3. The molecule has 4 aromatic rings. The van der Waals surface area contributed by atoms with Gasteiger partial charge in [0.2, 0.25) is 6.79 Å². The quantitative estimate of drug-likeness (QED) is 0.368. The van der Waals surface area contributed by atoms with Gasteiger partial charge in [0.05, 0.1) is 16.8 Å². The van der Waals surface area contributed by atoms with Crippen LogP contribution in [-0.4, -0.2) is 30.3 Å². The van der Waals surface area contributed by atoms with Gasteiger partial charge in [-0.2, -0.15) is 0 Å². The average molecular weight is 493 g/mol. The van der Waals surface area contributed by atoms with Crippen molar-refractivity contribution in [1.29, 1.82) is 0 Å². The monoisotopic (exact) mass is 492 g/mol. The zero-order valence-corrected chi connectivity index (χ0v) is 20.2. The fourth-order valence-electron chi connectivity index (χ4n) is 4.82. The van der Waals surface area contributed by atoms with E-state index in [0.717, 1.165) is 45.5 Å².